The molecule has 0 atom stereocenters. The maximum absolute atomic E-state index is 6.14. The van der Waals surface area contributed by atoms with E-state index in [1.165, 1.54) is 17.5 Å². The predicted molar refractivity (Wildman–Crippen MR) is 73.9 cm³/mol. The molecular formula is C13H19BClNO. The van der Waals surface area contributed by atoms with Crippen molar-refractivity contribution in [3.8, 4) is 0 Å². The molecule has 0 aromatic heterocycles. The zero-order valence-electron chi connectivity index (χ0n) is 10.7. The van der Waals surface area contributed by atoms with Crippen LogP contribution in [0.2, 0.25) is 5.02 Å². The highest BCUT2D eigenvalue weighted by Crippen LogP contribution is 2.24. The Morgan fingerprint density at radius 3 is 2.65 bits per heavy atom. The summed E-state index contributed by atoms with van der Waals surface area (Å²) in [6.07, 6.45) is 3.37. The molecule has 1 aliphatic rings. The van der Waals surface area contributed by atoms with Crippen LogP contribution in [0.4, 0.5) is 0 Å². The molecule has 1 aliphatic carbocycles. The Morgan fingerprint density at radius 1 is 1.29 bits per heavy atom. The van der Waals surface area contributed by atoms with E-state index in [2.05, 4.69) is 6.07 Å². The Bertz CT molecular complexity index is 428. The number of hydrogen-bond donors (Lipinski definition) is 1. The van der Waals surface area contributed by atoms with Crippen LogP contribution in [0.15, 0.2) is 12.1 Å². The summed E-state index contributed by atoms with van der Waals surface area (Å²) in [7, 11) is -0.388. The van der Waals surface area contributed by atoms with Crippen LogP contribution in [0.3, 0.4) is 0 Å². The van der Waals surface area contributed by atoms with Gasteiger partial charge in [-0.1, -0.05) is 11.6 Å². The SMILES string of the molecule is CC(C)(C)OB(N)c1cc(Cl)cc2c1CCC2. The Kier molecular flexibility index (Phi) is 3.53. The third-order valence-corrected chi connectivity index (χ3v) is 3.22. The molecule has 1 aromatic rings. The van der Waals surface area contributed by atoms with Crippen LogP contribution >= 0.6 is 11.6 Å². The minimum Gasteiger partial charge on any atom is -0.413 e. The molecule has 0 radical (unpaired) electrons. The molecule has 0 spiro atoms. The maximum Gasteiger partial charge on any atom is 0.413 e. The molecular weight excluding hydrogens is 232 g/mol. The molecule has 0 saturated heterocycles. The van der Waals surface area contributed by atoms with Gasteiger partial charge in [0.15, 0.2) is 0 Å². The van der Waals surface area contributed by atoms with E-state index in [9.17, 15) is 0 Å². The van der Waals surface area contributed by atoms with Gasteiger partial charge in [-0.2, -0.15) is 0 Å². The van der Waals surface area contributed by atoms with E-state index in [1.54, 1.807) is 0 Å². The largest absolute Gasteiger partial charge is 0.413 e. The van der Waals surface area contributed by atoms with E-state index in [1.807, 2.05) is 26.8 Å². The van der Waals surface area contributed by atoms with Gasteiger partial charge < -0.3 is 10.3 Å². The number of halogens is 1. The highest BCUT2D eigenvalue weighted by atomic mass is 35.5. The lowest BCUT2D eigenvalue weighted by Gasteiger charge is -2.24. The van der Waals surface area contributed by atoms with Gasteiger partial charge in [-0.15, -0.1) is 0 Å². The van der Waals surface area contributed by atoms with Gasteiger partial charge in [0.25, 0.3) is 0 Å². The van der Waals surface area contributed by atoms with Gasteiger partial charge in [0.1, 0.15) is 0 Å². The van der Waals surface area contributed by atoms with Crippen molar-refractivity contribution >= 4 is 24.1 Å². The number of rotatable bonds is 2. The minimum atomic E-state index is -0.388. The zero-order valence-corrected chi connectivity index (χ0v) is 11.5. The molecule has 0 fully saturated rings. The quantitative estimate of drug-likeness (QED) is 0.819. The monoisotopic (exact) mass is 251 g/mol. The fraction of sp³-hybridized carbons (Fsp3) is 0.538. The zero-order chi connectivity index (χ0) is 12.6. The van der Waals surface area contributed by atoms with Crippen LogP contribution < -0.4 is 11.1 Å². The van der Waals surface area contributed by atoms with E-state index in [0.717, 1.165) is 23.3 Å². The van der Waals surface area contributed by atoms with E-state index in [-0.39, 0.29) is 12.7 Å². The summed E-state index contributed by atoms with van der Waals surface area (Å²) >= 11 is 6.13. The molecule has 4 heteroatoms. The molecule has 2 rings (SSSR count). The van der Waals surface area contributed by atoms with Crippen molar-refractivity contribution in [2.24, 2.45) is 5.64 Å². The lowest BCUT2D eigenvalue weighted by molar-refractivity contribution is 0.132. The van der Waals surface area contributed by atoms with Crippen molar-refractivity contribution in [3.05, 3.63) is 28.3 Å². The number of nitrogens with two attached hydrogens (primary N) is 1. The second-order valence-electron chi connectivity index (χ2n) is 5.64. The topological polar surface area (TPSA) is 35.2 Å². The average Bonchev–Trinajstić information content (AvgIpc) is 2.60. The van der Waals surface area contributed by atoms with Crippen LogP contribution in [0.5, 0.6) is 0 Å². The van der Waals surface area contributed by atoms with Gasteiger partial charge in [0.2, 0.25) is 0 Å². The number of hydrogen-bond acceptors (Lipinski definition) is 2. The van der Waals surface area contributed by atoms with E-state index >= 15 is 0 Å². The predicted octanol–water partition coefficient (Wildman–Crippen LogP) is 2.30. The molecule has 0 heterocycles. The highest BCUT2D eigenvalue weighted by molar-refractivity contribution is 6.65. The molecule has 0 bridgehead atoms. The van der Waals surface area contributed by atoms with Crippen molar-refractivity contribution in [2.75, 3.05) is 0 Å². The van der Waals surface area contributed by atoms with Gasteiger partial charge >= 0.3 is 7.05 Å². The third kappa shape index (κ3) is 3.03. The highest BCUT2D eigenvalue weighted by Gasteiger charge is 2.27. The van der Waals surface area contributed by atoms with Crippen molar-refractivity contribution in [3.63, 3.8) is 0 Å². The van der Waals surface area contributed by atoms with Crippen LogP contribution in [-0.4, -0.2) is 12.7 Å². The van der Waals surface area contributed by atoms with E-state index in [4.69, 9.17) is 21.9 Å². The molecule has 0 amide bonds. The summed E-state index contributed by atoms with van der Waals surface area (Å²) in [6, 6.07) is 4.00. The van der Waals surface area contributed by atoms with Gasteiger partial charge in [0, 0.05) is 10.6 Å². The summed E-state index contributed by atoms with van der Waals surface area (Å²) in [5.41, 5.74) is 9.63. The van der Waals surface area contributed by atoms with Crippen molar-refractivity contribution < 1.29 is 4.65 Å². The van der Waals surface area contributed by atoms with Crippen molar-refractivity contribution in [1.29, 1.82) is 0 Å². The number of benzene rings is 1. The average molecular weight is 252 g/mol. The normalized spacial score (nSPS) is 14.9. The number of fused-ring (bicyclic) bond motifs is 1. The lowest BCUT2D eigenvalue weighted by Crippen LogP contribution is -2.49. The van der Waals surface area contributed by atoms with Crippen LogP contribution in [0.1, 0.15) is 38.3 Å². The Morgan fingerprint density at radius 2 is 2.00 bits per heavy atom. The Balaban J connectivity index is 2.32. The molecule has 2 nitrogen and oxygen atoms in total. The summed E-state index contributed by atoms with van der Waals surface area (Å²) in [4.78, 5) is 0. The number of aryl methyl sites for hydroxylation is 1. The fourth-order valence-electron chi connectivity index (χ4n) is 2.40. The molecule has 2 N–H and O–H groups in total. The van der Waals surface area contributed by atoms with Gasteiger partial charge in [-0.3, -0.25) is 0 Å². The first-order valence-electron chi connectivity index (χ1n) is 6.11. The molecule has 1 aromatic carbocycles. The van der Waals surface area contributed by atoms with Crippen molar-refractivity contribution in [1.82, 2.24) is 0 Å². The standard InChI is InChI=1S/C13H19BClNO/c1-13(2,3)17-14(16)12-8-10(15)7-9-5-4-6-11(9)12/h7-8H,4-6,16H2,1-3H3. The van der Waals surface area contributed by atoms with E-state index < -0.39 is 0 Å². The third-order valence-electron chi connectivity index (χ3n) is 3.00. The molecule has 17 heavy (non-hydrogen) atoms. The summed E-state index contributed by atoms with van der Waals surface area (Å²) in [5.74, 6) is 0. The van der Waals surface area contributed by atoms with Gasteiger partial charge in [-0.25, -0.2) is 0 Å². The van der Waals surface area contributed by atoms with Crippen molar-refractivity contribution in [2.45, 2.75) is 45.6 Å². The van der Waals surface area contributed by atoms with Crippen LogP contribution in [0, 0.1) is 0 Å². The molecule has 0 saturated carbocycles. The smallest absolute Gasteiger partial charge is 0.413 e. The maximum atomic E-state index is 6.14. The lowest BCUT2D eigenvalue weighted by atomic mass is 9.71. The molecule has 92 valence electrons. The summed E-state index contributed by atoms with van der Waals surface area (Å²) in [5, 5.41) is 0.758. The van der Waals surface area contributed by atoms with E-state index in [0.29, 0.717) is 0 Å². The van der Waals surface area contributed by atoms with Gasteiger partial charge in [0.05, 0.1) is 0 Å². The second kappa shape index (κ2) is 4.64. The molecule has 0 unspecified atom stereocenters. The fourth-order valence-corrected chi connectivity index (χ4v) is 2.65. The minimum absolute atomic E-state index is 0.243. The first-order valence-corrected chi connectivity index (χ1v) is 6.49. The Hall–Kier alpha value is -0.505. The summed E-state index contributed by atoms with van der Waals surface area (Å²) < 4.78 is 5.82. The Labute approximate surface area is 109 Å². The second-order valence-corrected chi connectivity index (χ2v) is 6.07. The molecule has 0 aliphatic heterocycles. The first-order chi connectivity index (χ1) is 7.87. The van der Waals surface area contributed by atoms with Crippen LogP contribution in [-0.2, 0) is 17.5 Å². The first kappa shape index (κ1) is 12.9. The van der Waals surface area contributed by atoms with Crippen LogP contribution in [0.25, 0.3) is 0 Å². The van der Waals surface area contributed by atoms with Gasteiger partial charge in [-0.05, 0) is 68.8 Å². The summed E-state index contributed by atoms with van der Waals surface area (Å²) in [6.45, 7) is 6.03.